The van der Waals surface area contributed by atoms with Crippen LogP contribution < -0.4 is 0 Å². The first kappa shape index (κ1) is 11.8. The van der Waals surface area contributed by atoms with E-state index >= 15 is 0 Å². The Balaban J connectivity index is 2.63. The first-order valence-corrected chi connectivity index (χ1v) is 5.52. The van der Waals surface area contributed by atoms with Crippen molar-refractivity contribution in [3.63, 3.8) is 0 Å². The number of carbonyl (C=O) groups excluding carboxylic acids is 1. The first-order chi connectivity index (χ1) is 6.51. The minimum atomic E-state index is -0.616. The minimum absolute atomic E-state index is 0.0446. The van der Waals surface area contributed by atoms with Gasteiger partial charge in [-0.3, -0.25) is 4.79 Å². The van der Waals surface area contributed by atoms with E-state index in [2.05, 4.69) is 0 Å². The predicted molar refractivity (Wildman–Crippen MR) is 56.5 cm³/mol. The highest BCUT2D eigenvalue weighted by Crippen LogP contribution is 2.27. The Bertz CT molecular complexity index is 214. The van der Waals surface area contributed by atoms with Gasteiger partial charge >= 0.3 is 0 Å². The molecule has 0 spiro atoms. The number of rotatable bonds is 3. The Hall–Kier alpha value is -0.280. The lowest BCUT2D eigenvalue weighted by molar-refractivity contribution is -0.151. The van der Waals surface area contributed by atoms with Crippen LogP contribution in [-0.2, 0) is 9.53 Å². The van der Waals surface area contributed by atoms with Crippen LogP contribution in [0.3, 0.4) is 0 Å². The second-order valence-corrected chi connectivity index (χ2v) is 4.41. The lowest BCUT2D eigenvalue weighted by Crippen LogP contribution is -2.48. The largest absolute Gasteiger partial charge is 0.365 e. The highest BCUT2D eigenvalue weighted by atomic mass is 35.5. The molecule has 1 heterocycles. The van der Waals surface area contributed by atoms with Crippen LogP contribution in [0.15, 0.2) is 0 Å². The van der Waals surface area contributed by atoms with Gasteiger partial charge in [0.25, 0.3) is 5.91 Å². The maximum absolute atomic E-state index is 12.0. The van der Waals surface area contributed by atoms with E-state index < -0.39 is 5.60 Å². The topological polar surface area (TPSA) is 29.5 Å². The molecular weight excluding hydrogens is 202 g/mol. The van der Waals surface area contributed by atoms with E-state index in [0.29, 0.717) is 12.5 Å². The second-order valence-electron chi connectivity index (χ2n) is 4.10. The average Bonchev–Trinajstić information content (AvgIpc) is 2.63. The van der Waals surface area contributed by atoms with E-state index in [-0.39, 0.29) is 11.9 Å². The molecule has 0 radical (unpaired) electrons. The molecule has 14 heavy (non-hydrogen) atoms. The summed E-state index contributed by atoms with van der Waals surface area (Å²) >= 11 is 5.71. The number of ether oxygens (including phenoxy) is 1. The van der Waals surface area contributed by atoms with Crippen molar-refractivity contribution >= 4 is 17.5 Å². The summed E-state index contributed by atoms with van der Waals surface area (Å²) in [6.45, 7) is 4.48. The third kappa shape index (κ3) is 2.20. The molecule has 1 rings (SSSR count). The molecule has 0 aromatic carbocycles. The molecular formula is C10H18ClNO2. The van der Waals surface area contributed by atoms with E-state index in [9.17, 15) is 4.79 Å². The van der Waals surface area contributed by atoms with Crippen molar-refractivity contribution in [1.29, 1.82) is 0 Å². The van der Waals surface area contributed by atoms with Crippen molar-refractivity contribution in [1.82, 2.24) is 4.90 Å². The maximum Gasteiger partial charge on any atom is 0.254 e. The molecule has 82 valence electrons. The van der Waals surface area contributed by atoms with Gasteiger partial charge in [-0.1, -0.05) is 0 Å². The second kappa shape index (κ2) is 4.49. The number of likely N-dealkylation sites (N-methyl/N-ethyl adjacent to an activating group) is 1. The normalized spacial score (nSPS) is 28.9. The number of alkyl halides is 1. The van der Waals surface area contributed by atoms with E-state index in [1.807, 2.05) is 13.8 Å². The van der Waals surface area contributed by atoms with E-state index in [1.54, 1.807) is 11.9 Å². The summed E-state index contributed by atoms with van der Waals surface area (Å²) in [5, 5.41) is 0. The van der Waals surface area contributed by atoms with Crippen LogP contribution >= 0.6 is 11.6 Å². The van der Waals surface area contributed by atoms with Gasteiger partial charge < -0.3 is 9.64 Å². The van der Waals surface area contributed by atoms with Crippen LogP contribution in [0.25, 0.3) is 0 Å². The summed E-state index contributed by atoms with van der Waals surface area (Å²) < 4.78 is 5.48. The van der Waals surface area contributed by atoms with Crippen LogP contribution in [0.4, 0.5) is 0 Å². The molecule has 0 bridgehead atoms. The third-order valence-electron chi connectivity index (χ3n) is 2.88. The summed E-state index contributed by atoms with van der Waals surface area (Å²) in [7, 11) is 1.78. The Kier molecular flexibility index (Phi) is 3.78. The standard InChI is InChI=1S/C10H18ClNO2/c1-8(7-11)12(3)9(13)10(2)5-4-6-14-10/h8H,4-7H2,1-3H3. The molecule has 0 saturated carbocycles. The maximum atomic E-state index is 12.0. The van der Waals surface area contributed by atoms with Crippen molar-refractivity contribution in [2.45, 2.75) is 38.3 Å². The van der Waals surface area contributed by atoms with E-state index in [0.717, 1.165) is 12.8 Å². The fourth-order valence-electron chi connectivity index (χ4n) is 1.62. The number of hydrogen-bond donors (Lipinski definition) is 0. The Labute approximate surface area is 90.4 Å². The van der Waals surface area contributed by atoms with Gasteiger partial charge in [0, 0.05) is 25.6 Å². The van der Waals surface area contributed by atoms with Crippen molar-refractivity contribution < 1.29 is 9.53 Å². The van der Waals surface area contributed by atoms with Gasteiger partial charge in [-0.2, -0.15) is 0 Å². The van der Waals surface area contributed by atoms with Crippen molar-refractivity contribution in [2.24, 2.45) is 0 Å². The molecule has 2 atom stereocenters. The van der Waals surface area contributed by atoms with Crippen LogP contribution in [0, 0.1) is 0 Å². The molecule has 0 N–H and O–H groups in total. The van der Waals surface area contributed by atoms with E-state index in [1.165, 1.54) is 0 Å². The smallest absolute Gasteiger partial charge is 0.254 e. The van der Waals surface area contributed by atoms with Crippen LogP contribution in [0.5, 0.6) is 0 Å². The molecule has 1 aliphatic heterocycles. The molecule has 1 saturated heterocycles. The lowest BCUT2D eigenvalue weighted by Gasteiger charge is -2.31. The zero-order chi connectivity index (χ0) is 10.8. The van der Waals surface area contributed by atoms with Gasteiger partial charge in [0.2, 0.25) is 0 Å². The van der Waals surface area contributed by atoms with Gasteiger partial charge in [0.05, 0.1) is 0 Å². The molecule has 4 heteroatoms. The van der Waals surface area contributed by atoms with Crippen LogP contribution in [0.2, 0.25) is 0 Å². The van der Waals surface area contributed by atoms with Crippen LogP contribution in [-0.4, -0.2) is 42.0 Å². The summed E-state index contributed by atoms with van der Waals surface area (Å²) in [6, 6.07) is 0.0604. The predicted octanol–water partition coefficient (Wildman–Crippen LogP) is 1.64. The van der Waals surface area contributed by atoms with Crippen molar-refractivity contribution in [3.05, 3.63) is 0 Å². The third-order valence-corrected chi connectivity index (χ3v) is 3.32. The van der Waals surface area contributed by atoms with Crippen molar-refractivity contribution in [3.8, 4) is 0 Å². The van der Waals surface area contributed by atoms with Crippen molar-refractivity contribution in [2.75, 3.05) is 19.5 Å². The molecule has 0 aliphatic carbocycles. The molecule has 2 unspecified atom stereocenters. The zero-order valence-corrected chi connectivity index (χ0v) is 9.80. The molecule has 1 fully saturated rings. The number of carbonyl (C=O) groups is 1. The fraction of sp³-hybridized carbons (Fsp3) is 0.900. The van der Waals surface area contributed by atoms with Crippen LogP contribution in [0.1, 0.15) is 26.7 Å². The van der Waals surface area contributed by atoms with Gasteiger partial charge in [0.1, 0.15) is 5.60 Å². The summed E-state index contributed by atoms with van der Waals surface area (Å²) in [5.41, 5.74) is -0.616. The molecule has 1 aliphatic rings. The first-order valence-electron chi connectivity index (χ1n) is 4.98. The number of halogens is 1. The van der Waals surface area contributed by atoms with Gasteiger partial charge in [0.15, 0.2) is 0 Å². The number of nitrogens with zero attached hydrogens (tertiary/aromatic N) is 1. The highest BCUT2D eigenvalue weighted by Gasteiger charge is 2.40. The van der Waals surface area contributed by atoms with E-state index in [4.69, 9.17) is 16.3 Å². The van der Waals surface area contributed by atoms with Gasteiger partial charge in [-0.05, 0) is 26.7 Å². The van der Waals surface area contributed by atoms with Gasteiger partial charge in [-0.25, -0.2) is 0 Å². The highest BCUT2D eigenvalue weighted by molar-refractivity contribution is 6.18. The molecule has 1 amide bonds. The molecule has 0 aromatic heterocycles. The average molecular weight is 220 g/mol. The lowest BCUT2D eigenvalue weighted by atomic mass is 10.0. The summed E-state index contributed by atoms with van der Waals surface area (Å²) in [4.78, 5) is 13.7. The Morgan fingerprint density at radius 2 is 2.36 bits per heavy atom. The molecule has 0 aromatic rings. The SMILES string of the molecule is CC(CCl)N(C)C(=O)C1(C)CCCO1. The fourth-order valence-corrected chi connectivity index (χ4v) is 1.83. The zero-order valence-electron chi connectivity index (χ0n) is 9.05. The number of amides is 1. The number of hydrogen-bond acceptors (Lipinski definition) is 2. The summed E-state index contributed by atoms with van der Waals surface area (Å²) in [6.07, 6.45) is 1.77. The summed E-state index contributed by atoms with van der Waals surface area (Å²) in [5.74, 6) is 0.501. The Morgan fingerprint density at radius 3 is 2.79 bits per heavy atom. The molecule has 3 nitrogen and oxygen atoms in total. The Morgan fingerprint density at radius 1 is 1.71 bits per heavy atom. The minimum Gasteiger partial charge on any atom is -0.365 e. The monoisotopic (exact) mass is 219 g/mol. The quantitative estimate of drug-likeness (QED) is 0.676. The van der Waals surface area contributed by atoms with Gasteiger partial charge in [-0.15, -0.1) is 11.6 Å².